The van der Waals surface area contributed by atoms with Crippen LogP contribution in [0.5, 0.6) is 5.75 Å². The molecule has 0 heterocycles. The van der Waals surface area contributed by atoms with Gasteiger partial charge in [-0.25, -0.2) is 0 Å². The fourth-order valence-electron chi connectivity index (χ4n) is 1.10. The SMILES string of the molecule is C/C=C(\OS(=O)(=O)C(F)(F)F)c1ccccc1O. The van der Waals surface area contributed by atoms with Gasteiger partial charge in [0.25, 0.3) is 0 Å². The zero-order valence-electron chi connectivity index (χ0n) is 9.10. The van der Waals surface area contributed by atoms with Gasteiger partial charge in [-0.2, -0.15) is 21.6 Å². The predicted molar refractivity (Wildman–Crippen MR) is 57.8 cm³/mol. The molecule has 4 nitrogen and oxygen atoms in total. The van der Waals surface area contributed by atoms with E-state index in [1.165, 1.54) is 31.2 Å². The fraction of sp³-hybridized carbons (Fsp3) is 0.200. The number of benzene rings is 1. The first kappa shape index (κ1) is 14.4. The van der Waals surface area contributed by atoms with Crippen LogP contribution < -0.4 is 0 Å². The van der Waals surface area contributed by atoms with Crippen LogP contribution in [0, 0.1) is 0 Å². The number of hydrogen-bond acceptors (Lipinski definition) is 4. The maximum absolute atomic E-state index is 12.1. The second-order valence-corrected chi connectivity index (χ2v) is 4.69. The highest BCUT2D eigenvalue weighted by atomic mass is 32.2. The normalized spacial score (nSPS) is 13.4. The van der Waals surface area contributed by atoms with Crippen molar-refractivity contribution in [2.45, 2.75) is 12.4 Å². The highest BCUT2D eigenvalue weighted by molar-refractivity contribution is 7.87. The summed E-state index contributed by atoms with van der Waals surface area (Å²) in [4.78, 5) is 0. The Kier molecular flexibility index (Phi) is 3.90. The van der Waals surface area contributed by atoms with E-state index in [2.05, 4.69) is 4.18 Å². The number of hydrogen-bond donors (Lipinski definition) is 1. The first-order valence-corrected chi connectivity index (χ1v) is 6.05. The Balaban J connectivity index is 3.14. The minimum absolute atomic E-state index is 0.146. The Morgan fingerprint density at radius 2 is 1.89 bits per heavy atom. The van der Waals surface area contributed by atoms with Crippen LogP contribution in [0.2, 0.25) is 0 Å². The number of allylic oxidation sites excluding steroid dienone is 1. The number of alkyl halides is 3. The Bertz CT molecular complexity index is 561. The zero-order chi connectivity index (χ0) is 14.0. The summed E-state index contributed by atoms with van der Waals surface area (Å²) >= 11 is 0. The van der Waals surface area contributed by atoms with Crippen molar-refractivity contribution in [3.63, 3.8) is 0 Å². The molecule has 0 aromatic heterocycles. The van der Waals surface area contributed by atoms with Crippen molar-refractivity contribution in [1.82, 2.24) is 0 Å². The Labute approximate surface area is 101 Å². The first-order valence-electron chi connectivity index (χ1n) is 4.64. The van der Waals surface area contributed by atoms with Crippen molar-refractivity contribution >= 4 is 15.9 Å². The van der Waals surface area contributed by atoms with Crippen LogP contribution in [0.4, 0.5) is 13.2 Å². The number of halogens is 3. The third kappa shape index (κ3) is 2.95. The maximum atomic E-state index is 12.1. The molecule has 0 saturated heterocycles. The molecule has 0 bridgehead atoms. The number of aromatic hydroxyl groups is 1. The Morgan fingerprint density at radius 1 is 1.33 bits per heavy atom. The van der Waals surface area contributed by atoms with E-state index < -0.39 is 21.4 Å². The summed E-state index contributed by atoms with van der Waals surface area (Å²) in [5.74, 6) is -0.978. The van der Waals surface area contributed by atoms with Crippen LogP contribution in [0.25, 0.3) is 5.76 Å². The molecule has 1 aromatic rings. The molecule has 0 atom stereocenters. The van der Waals surface area contributed by atoms with E-state index in [1.54, 1.807) is 0 Å². The molecule has 0 spiro atoms. The molecule has 0 unspecified atom stereocenters. The second-order valence-electron chi connectivity index (χ2n) is 3.15. The lowest BCUT2D eigenvalue weighted by Crippen LogP contribution is -2.25. The average molecular weight is 282 g/mol. The van der Waals surface area contributed by atoms with Crippen molar-refractivity contribution in [2.75, 3.05) is 0 Å². The van der Waals surface area contributed by atoms with Gasteiger partial charge in [-0.05, 0) is 25.1 Å². The van der Waals surface area contributed by atoms with Crippen molar-refractivity contribution in [1.29, 1.82) is 0 Å². The standard InChI is InChI=1S/C10H9F3O4S/c1-2-9(7-5-3-4-6-8(7)14)17-18(15,16)10(11,12)13/h2-6,14H,1H3/b9-2-. The minimum atomic E-state index is -5.75. The van der Waals surface area contributed by atoms with E-state index in [1.807, 2.05) is 0 Å². The van der Waals surface area contributed by atoms with Crippen molar-refractivity contribution in [3.05, 3.63) is 35.9 Å². The Hall–Kier alpha value is -1.70. The smallest absolute Gasteiger partial charge is 0.507 e. The largest absolute Gasteiger partial charge is 0.534 e. The van der Waals surface area contributed by atoms with Crippen LogP contribution in [-0.2, 0) is 14.3 Å². The number of phenolic OH excluding ortho intramolecular Hbond substituents is 1. The minimum Gasteiger partial charge on any atom is -0.507 e. The van der Waals surface area contributed by atoms with Gasteiger partial charge in [0.05, 0.1) is 5.56 Å². The summed E-state index contributed by atoms with van der Waals surface area (Å²) in [5, 5.41) is 9.41. The molecular weight excluding hydrogens is 273 g/mol. The van der Waals surface area contributed by atoms with E-state index in [0.29, 0.717) is 0 Å². The lowest BCUT2D eigenvalue weighted by atomic mass is 10.1. The van der Waals surface area contributed by atoms with Gasteiger partial charge in [0, 0.05) is 0 Å². The van der Waals surface area contributed by atoms with E-state index in [-0.39, 0.29) is 11.3 Å². The Morgan fingerprint density at radius 3 is 2.33 bits per heavy atom. The molecule has 0 aliphatic rings. The third-order valence-corrected chi connectivity index (χ3v) is 2.88. The van der Waals surface area contributed by atoms with E-state index in [9.17, 15) is 26.7 Å². The summed E-state index contributed by atoms with van der Waals surface area (Å²) in [6.45, 7) is 1.29. The molecule has 1 N–H and O–H groups in total. The molecule has 0 aliphatic carbocycles. The van der Waals surface area contributed by atoms with Crippen molar-refractivity contribution in [3.8, 4) is 5.75 Å². The number of rotatable bonds is 3. The van der Waals surface area contributed by atoms with Gasteiger partial charge in [0.15, 0.2) is 0 Å². The topological polar surface area (TPSA) is 63.6 Å². The first-order chi connectivity index (χ1) is 8.19. The molecule has 1 aromatic carbocycles. The number of para-hydroxylation sites is 1. The van der Waals surface area contributed by atoms with Crippen LogP contribution in [0.3, 0.4) is 0 Å². The molecular formula is C10H9F3O4S. The summed E-state index contributed by atoms with van der Waals surface area (Å²) < 4.78 is 62.1. The van der Waals surface area contributed by atoms with Crippen LogP contribution in [0.1, 0.15) is 12.5 Å². The van der Waals surface area contributed by atoms with Gasteiger partial charge in [0.1, 0.15) is 11.5 Å². The molecule has 1 rings (SSSR count). The molecule has 8 heteroatoms. The van der Waals surface area contributed by atoms with Crippen molar-refractivity contribution < 1.29 is 30.9 Å². The van der Waals surface area contributed by atoms with E-state index in [4.69, 9.17) is 0 Å². The molecule has 0 aliphatic heterocycles. The zero-order valence-corrected chi connectivity index (χ0v) is 9.92. The fourth-order valence-corrected chi connectivity index (χ4v) is 1.61. The quantitative estimate of drug-likeness (QED) is 0.526. The second kappa shape index (κ2) is 4.89. The molecule has 18 heavy (non-hydrogen) atoms. The highest BCUT2D eigenvalue weighted by Crippen LogP contribution is 2.32. The lowest BCUT2D eigenvalue weighted by molar-refractivity contribution is -0.0509. The van der Waals surface area contributed by atoms with Gasteiger partial charge >= 0.3 is 15.6 Å². The van der Waals surface area contributed by atoms with Gasteiger partial charge in [0.2, 0.25) is 0 Å². The van der Waals surface area contributed by atoms with Gasteiger partial charge in [-0.3, -0.25) is 0 Å². The molecule has 0 amide bonds. The third-order valence-electron chi connectivity index (χ3n) is 1.91. The predicted octanol–water partition coefficient (Wildman–Crippen LogP) is 2.62. The highest BCUT2D eigenvalue weighted by Gasteiger charge is 2.49. The molecule has 100 valence electrons. The number of phenols is 1. The average Bonchev–Trinajstić information content (AvgIpc) is 2.25. The summed E-state index contributed by atoms with van der Waals surface area (Å²) in [7, 11) is -5.75. The summed E-state index contributed by atoms with van der Waals surface area (Å²) in [6, 6.07) is 5.28. The van der Waals surface area contributed by atoms with Gasteiger partial charge in [-0.1, -0.05) is 12.1 Å². The maximum Gasteiger partial charge on any atom is 0.534 e. The van der Waals surface area contributed by atoms with Crippen LogP contribution >= 0.6 is 0 Å². The van der Waals surface area contributed by atoms with E-state index in [0.717, 1.165) is 6.08 Å². The summed E-state index contributed by atoms with van der Waals surface area (Å²) in [5.41, 5.74) is -5.67. The van der Waals surface area contributed by atoms with Gasteiger partial charge in [-0.15, -0.1) is 0 Å². The van der Waals surface area contributed by atoms with Gasteiger partial charge < -0.3 is 9.29 Å². The van der Waals surface area contributed by atoms with Crippen LogP contribution in [0.15, 0.2) is 30.3 Å². The lowest BCUT2D eigenvalue weighted by Gasteiger charge is -2.13. The monoisotopic (exact) mass is 282 g/mol. The molecule has 0 radical (unpaired) electrons. The summed E-state index contributed by atoms with van der Waals surface area (Å²) in [6.07, 6.45) is 1.01. The molecule has 0 saturated carbocycles. The molecule has 0 fully saturated rings. The van der Waals surface area contributed by atoms with Crippen molar-refractivity contribution in [2.24, 2.45) is 0 Å². The van der Waals surface area contributed by atoms with E-state index >= 15 is 0 Å². The van der Waals surface area contributed by atoms with Crippen LogP contribution in [-0.4, -0.2) is 19.0 Å².